The van der Waals surface area contributed by atoms with Crippen LogP contribution in [0, 0.1) is 0 Å². The summed E-state index contributed by atoms with van der Waals surface area (Å²) in [5.74, 6) is 0.951. The van der Waals surface area contributed by atoms with Gasteiger partial charge in [0.05, 0.1) is 17.9 Å². The number of aromatic nitrogens is 2. The number of H-pyrrole nitrogens is 1. The lowest BCUT2D eigenvalue weighted by Gasteiger charge is -2.40. The second-order valence-corrected chi connectivity index (χ2v) is 6.79. The Kier molecular flexibility index (Phi) is 5.66. The van der Waals surface area contributed by atoms with E-state index in [4.69, 9.17) is 0 Å². The van der Waals surface area contributed by atoms with Crippen LogP contribution in [-0.4, -0.2) is 65.6 Å². The monoisotopic (exact) mass is 327 g/mol. The van der Waals surface area contributed by atoms with Crippen LogP contribution in [0.2, 0.25) is 0 Å². The molecule has 2 aromatic rings. The Morgan fingerprint density at radius 1 is 1.08 bits per heavy atom. The molecule has 1 aromatic heterocycles. The van der Waals surface area contributed by atoms with Crippen molar-refractivity contribution >= 4 is 0 Å². The highest BCUT2D eigenvalue weighted by atomic mass is 15.3. The molecule has 1 aliphatic rings. The number of likely N-dealkylation sites (N-methyl/N-ethyl adjacent to an activating group) is 1. The third-order valence-corrected chi connectivity index (χ3v) is 4.92. The first-order chi connectivity index (χ1) is 11.7. The molecule has 24 heavy (non-hydrogen) atoms. The minimum atomic E-state index is 0.342. The Morgan fingerprint density at radius 3 is 2.38 bits per heavy atom. The first-order valence-corrected chi connectivity index (χ1v) is 8.92. The summed E-state index contributed by atoms with van der Waals surface area (Å²) in [5.41, 5.74) is 2.33. The van der Waals surface area contributed by atoms with Crippen molar-refractivity contribution in [3.8, 4) is 11.4 Å². The SMILES string of the molecule is CNCC(c1cnc(-c2ccccc2)[nH]1)N1CCN(C(C)C)CC1. The van der Waals surface area contributed by atoms with E-state index in [2.05, 4.69) is 51.1 Å². The van der Waals surface area contributed by atoms with Crippen molar-refractivity contribution in [3.05, 3.63) is 42.2 Å². The Labute approximate surface area is 145 Å². The van der Waals surface area contributed by atoms with Crippen molar-refractivity contribution in [1.29, 1.82) is 0 Å². The van der Waals surface area contributed by atoms with E-state index in [1.54, 1.807) is 0 Å². The topological polar surface area (TPSA) is 47.2 Å². The van der Waals surface area contributed by atoms with Gasteiger partial charge in [-0.25, -0.2) is 4.98 Å². The number of benzene rings is 1. The standard InChI is InChI=1S/C19H29N5/c1-15(2)23-9-11-24(12-10-23)18(14-20-3)17-13-21-19(22-17)16-7-5-4-6-8-16/h4-8,13,15,18,20H,9-12,14H2,1-3H3,(H,21,22). The fraction of sp³-hybridized carbons (Fsp3) is 0.526. The van der Waals surface area contributed by atoms with Crippen molar-refractivity contribution in [3.63, 3.8) is 0 Å². The van der Waals surface area contributed by atoms with E-state index in [1.165, 1.54) is 5.69 Å². The average molecular weight is 327 g/mol. The zero-order valence-corrected chi connectivity index (χ0v) is 15.0. The zero-order valence-electron chi connectivity index (χ0n) is 15.0. The van der Waals surface area contributed by atoms with Crippen LogP contribution in [-0.2, 0) is 0 Å². The molecule has 5 nitrogen and oxygen atoms in total. The molecule has 1 fully saturated rings. The first kappa shape index (κ1) is 17.1. The number of piperazine rings is 1. The summed E-state index contributed by atoms with van der Waals surface area (Å²) in [5, 5.41) is 3.34. The highest BCUT2D eigenvalue weighted by Crippen LogP contribution is 2.23. The molecule has 1 aromatic carbocycles. The van der Waals surface area contributed by atoms with Gasteiger partial charge < -0.3 is 10.3 Å². The van der Waals surface area contributed by atoms with Crippen LogP contribution < -0.4 is 5.32 Å². The van der Waals surface area contributed by atoms with Crippen molar-refractivity contribution in [2.24, 2.45) is 0 Å². The van der Waals surface area contributed by atoms with Gasteiger partial charge in [-0.3, -0.25) is 9.80 Å². The van der Waals surface area contributed by atoms with Gasteiger partial charge in [-0.15, -0.1) is 0 Å². The molecular weight excluding hydrogens is 298 g/mol. The van der Waals surface area contributed by atoms with E-state index in [-0.39, 0.29) is 0 Å². The lowest BCUT2D eigenvalue weighted by Crippen LogP contribution is -2.51. The maximum atomic E-state index is 4.61. The van der Waals surface area contributed by atoms with Gasteiger partial charge in [0, 0.05) is 44.3 Å². The smallest absolute Gasteiger partial charge is 0.137 e. The van der Waals surface area contributed by atoms with Gasteiger partial charge in [0.15, 0.2) is 0 Å². The molecule has 0 aliphatic carbocycles. The molecule has 0 amide bonds. The summed E-state index contributed by atoms with van der Waals surface area (Å²) < 4.78 is 0. The summed E-state index contributed by atoms with van der Waals surface area (Å²) in [6, 6.07) is 11.3. The Bertz CT molecular complexity index is 614. The van der Waals surface area contributed by atoms with E-state index < -0.39 is 0 Å². The van der Waals surface area contributed by atoms with Crippen LogP contribution >= 0.6 is 0 Å². The van der Waals surface area contributed by atoms with E-state index in [0.29, 0.717) is 12.1 Å². The number of nitrogens with zero attached hydrogens (tertiary/aromatic N) is 3. The lowest BCUT2D eigenvalue weighted by atomic mass is 10.1. The summed E-state index contributed by atoms with van der Waals surface area (Å²) in [7, 11) is 2.02. The molecule has 5 heteroatoms. The maximum Gasteiger partial charge on any atom is 0.137 e. The highest BCUT2D eigenvalue weighted by molar-refractivity contribution is 5.54. The third kappa shape index (κ3) is 3.86. The minimum absolute atomic E-state index is 0.342. The first-order valence-electron chi connectivity index (χ1n) is 8.92. The molecule has 0 radical (unpaired) electrons. The van der Waals surface area contributed by atoms with Crippen LogP contribution in [0.5, 0.6) is 0 Å². The molecule has 1 atom stereocenters. The van der Waals surface area contributed by atoms with Crippen molar-refractivity contribution in [1.82, 2.24) is 25.1 Å². The molecule has 1 saturated heterocycles. The van der Waals surface area contributed by atoms with Gasteiger partial charge in [0.1, 0.15) is 5.82 Å². The largest absolute Gasteiger partial charge is 0.341 e. The van der Waals surface area contributed by atoms with Gasteiger partial charge in [0.2, 0.25) is 0 Å². The lowest BCUT2D eigenvalue weighted by molar-refractivity contribution is 0.0768. The van der Waals surface area contributed by atoms with Crippen LogP contribution in [0.15, 0.2) is 36.5 Å². The van der Waals surface area contributed by atoms with E-state index in [0.717, 1.165) is 44.1 Å². The van der Waals surface area contributed by atoms with Crippen molar-refractivity contribution in [2.75, 3.05) is 39.8 Å². The molecule has 0 spiro atoms. The van der Waals surface area contributed by atoms with Crippen LogP contribution in [0.4, 0.5) is 0 Å². The molecule has 2 N–H and O–H groups in total. The number of imidazole rings is 1. The second-order valence-electron chi connectivity index (χ2n) is 6.79. The number of hydrogen-bond acceptors (Lipinski definition) is 4. The number of hydrogen-bond donors (Lipinski definition) is 2. The number of nitrogens with one attached hydrogen (secondary N) is 2. The van der Waals surface area contributed by atoms with E-state index in [1.807, 2.05) is 31.4 Å². The zero-order chi connectivity index (χ0) is 16.9. The molecule has 130 valence electrons. The molecule has 3 rings (SSSR count). The van der Waals surface area contributed by atoms with Gasteiger partial charge in [-0.05, 0) is 20.9 Å². The van der Waals surface area contributed by atoms with Gasteiger partial charge in [-0.2, -0.15) is 0 Å². The number of rotatable bonds is 6. The molecule has 0 saturated carbocycles. The predicted molar refractivity (Wildman–Crippen MR) is 99.0 cm³/mol. The second kappa shape index (κ2) is 7.92. The van der Waals surface area contributed by atoms with Crippen LogP contribution in [0.25, 0.3) is 11.4 Å². The van der Waals surface area contributed by atoms with Crippen LogP contribution in [0.1, 0.15) is 25.6 Å². The summed E-state index contributed by atoms with van der Waals surface area (Å²) in [6.45, 7) is 9.96. The Morgan fingerprint density at radius 2 is 1.75 bits per heavy atom. The predicted octanol–water partition coefficient (Wildman–Crippen LogP) is 2.36. The third-order valence-electron chi connectivity index (χ3n) is 4.92. The average Bonchev–Trinajstić information content (AvgIpc) is 3.10. The van der Waals surface area contributed by atoms with Gasteiger partial charge in [-0.1, -0.05) is 30.3 Å². The summed E-state index contributed by atoms with van der Waals surface area (Å²) in [4.78, 5) is 13.3. The Balaban J connectivity index is 1.73. The van der Waals surface area contributed by atoms with Crippen molar-refractivity contribution in [2.45, 2.75) is 25.9 Å². The normalized spacial score (nSPS) is 18.2. The molecule has 1 unspecified atom stereocenters. The quantitative estimate of drug-likeness (QED) is 0.855. The van der Waals surface area contributed by atoms with Gasteiger partial charge >= 0.3 is 0 Å². The molecule has 0 bridgehead atoms. The van der Waals surface area contributed by atoms with E-state index >= 15 is 0 Å². The number of aromatic amines is 1. The minimum Gasteiger partial charge on any atom is -0.341 e. The maximum absolute atomic E-state index is 4.61. The summed E-state index contributed by atoms with van der Waals surface area (Å²) >= 11 is 0. The summed E-state index contributed by atoms with van der Waals surface area (Å²) in [6.07, 6.45) is 2.00. The fourth-order valence-corrected chi connectivity index (χ4v) is 3.44. The molecule has 1 aliphatic heterocycles. The fourth-order valence-electron chi connectivity index (χ4n) is 3.44. The van der Waals surface area contributed by atoms with Crippen molar-refractivity contribution < 1.29 is 0 Å². The molecular formula is C19H29N5. The highest BCUT2D eigenvalue weighted by Gasteiger charge is 2.26. The van der Waals surface area contributed by atoms with Crippen LogP contribution in [0.3, 0.4) is 0 Å². The van der Waals surface area contributed by atoms with Gasteiger partial charge in [0.25, 0.3) is 0 Å². The Hall–Kier alpha value is -1.69. The van der Waals surface area contributed by atoms with E-state index in [9.17, 15) is 0 Å². The molecule has 2 heterocycles.